The van der Waals surface area contributed by atoms with Gasteiger partial charge in [0.05, 0.1) is 36.6 Å². The standard InChI is InChI=1S/C44H74O9Si3/c1-15-55(16-2,17-3)51-31-27-44(53-54(13)14)38(48-39(45)30-24-22-21-23-25-30)36-42(12,37-35(49-41(10,11)50-37)34(29(31)7)40(44,8)9)32(26-33-43(36,46)28-47-33)52-56(18-4,19-5)20-6/h21-25,31-33,35-38,46,54H,15-20,26-28H2,1-14H3/t31-,32-,33+,35+,36-,37+,38-,42+,43-,44+/m0/s1. The summed E-state index contributed by atoms with van der Waals surface area (Å²) in [5.41, 5.74) is -1.37. The molecule has 2 saturated carbocycles. The summed E-state index contributed by atoms with van der Waals surface area (Å²) in [6, 6.07) is 15.1. The summed E-state index contributed by atoms with van der Waals surface area (Å²) in [7, 11) is -6.36. The first kappa shape index (κ1) is 44.4. The molecule has 3 aliphatic carbocycles. The second kappa shape index (κ2) is 15.7. The zero-order valence-electron chi connectivity index (χ0n) is 37.1. The summed E-state index contributed by atoms with van der Waals surface area (Å²) in [6.45, 7) is 31.1. The molecule has 2 aliphatic heterocycles. The van der Waals surface area contributed by atoms with Crippen molar-refractivity contribution in [3.63, 3.8) is 0 Å². The topological polar surface area (TPSA) is 102 Å². The molecule has 1 aromatic rings. The summed E-state index contributed by atoms with van der Waals surface area (Å²) in [4.78, 5) is 14.8. The van der Waals surface area contributed by atoms with E-state index in [0.29, 0.717) is 18.4 Å². The summed E-state index contributed by atoms with van der Waals surface area (Å²) in [6.07, 6.45) is -2.12. The molecule has 1 aromatic carbocycles. The molecule has 0 spiro atoms. The number of benzene rings is 1. The van der Waals surface area contributed by atoms with Gasteiger partial charge in [-0.1, -0.05) is 80.5 Å². The summed E-state index contributed by atoms with van der Waals surface area (Å²) in [5.74, 6) is -2.07. The number of carbonyl (C=O) groups is 1. The van der Waals surface area contributed by atoms with Crippen LogP contribution in [0, 0.1) is 16.7 Å². The SMILES string of the molecule is CC[Si](CC)(CC)O[C@H]1C[C@@]2(O[SiH](C)C)[C@@H](OC(=O)c3ccccc3)[C@@H]3[C@]4(O)CO[C@@H]4C[C@H](O[Si](CC)(CC)CC)[C@@]3(C)[C@@H]3OC(C)(C)O[C@@H]3C(=C1C)C2(C)C. The van der Waals surface area contributed by atoms with Crippen LogP contribution in [0.25, 0.3) is 0 Å². The van der Waals surface area contributed by atoms with Crippen LogP contribution in [0.2, 0.25) is 49.4 Å². The monoisotopic (exact) mass is 830 g/mol. The zero-order valence-corrected chi connectivity index (χ0v) is 40.2. The van der Waals surface area contributed by atoms with Crippen molar-refractivity contribution in [2.45, 2.75) is 199 Å². The van der Waals surface area contributed by atoms with Crippen molar-refractivity contribution in [3.05, 3.63) is 47.0 Å². The molecule has 6 rings (SSSR count). The second-order valence-corrected chi connectivity index (χ2v) is 31.0. The molecule has 0 unspecified atom stereocenters. The molecule has 4 fully saturated rings. The van der Waals surface area contributed by atoms with Gasteiger partial charge in [-0.3, -0.25) is 0 Å². The third-order valence-corrected chi connectivity index (χ3v) is 25.8. The van der Waals surface area contributed by atoms with Crippen LogP contribution in [0.4, 0.5) is 0 Å². The van der Waals surface area contributed by atoms with E-state index in [0.717, 1.165) is 47.4 Å². The Labute approximate surface area is 341 Å². The highest BCUT2D eigenvalue weighted by Gasteiger charge is 2.79. The van der Waals surface area contributed by atoms with Crippen molar-refractivity contribution in [2.75, 3.05) is 6.61 Å². The number of fused-ring (bicyclic) bond motifs is 8. The molecular weight excluding hydrogens is 757 g/mol. The molecule has 5 aliphatic rings. The Morgan fingerprint density at radius 3 is 1.96 bits per heavy atom. The van der Waals surface area contributed by atoms with Crippen LogP contribution in [0.3, 0.4) is 0 Å². The molecule has 10 atom stereocenters. The fourth-order valence-corrected chi connectivity index (χ4v) is 19.1. The van der Waals surface area contributed by atoms with E-state index in [1.54, 1.807) is 12.1 Å². The molecule has 9 nitrogen and oxygen atoms in total. The third kappa shape index (κ3) is 6.85. The van der Waals surface area contributed by atoms with Crippen LogP contribution in [0.5, 0.6) is 0 Å². The average molecular weight is 831 g/mol. The molecule has 2 heterocycles. The van der Waals surface area contributed by atoms with Crippen LogP contribution < -0.4 is 0 Å². The average Bonchev–Trinajstić information content (AvgIpc) is 3.49. The Hall–Kier alpha value is -1.20. The fourth-order valence-electron chi connectivity index (χ4n) is 11.9. The molecule has 0 aromatic heterocycles. The zero-order chi connectivity index (χ0) is 41.3. The maximum absolute atomic E-state index is 14.8. The predicted molar refractivity (Wildman–Crippen MR) is 228 cm³/mol. The first-order chi connectivity index (χ1) is 26.2. The Morgan fingerprint density at radius 2 is 1.45 bits per heavy atom. The van der Waals surface area contributed by atoms with E-state index >= 15 is 0 Å². The molecule has 56 heavy (non-hydrogen) atoms. The first-order valence-electron chi connectivity index (χ1n) is 21.9. The van der Waals surface area contributed by atoms with E-state index in [4.69, 9.17) is 32.2 Å². The van der Waals surface area contributed by atoms with Gasteiger partial charge < -0.3 is 37.3 Å². The number of ether oxygens (including phenoxy) is 4. The summed E-state index contributed by atoms with van der Waals surface area (Å²) < 4.78 is 50.9. The molecular formula is C44H74O9Si3. The van der Waals surface area contributed by atoms with Gasteiger partial charge in [-0.05, 0) is 93.4 Å². The van der Waals surface area contributed by atoms with Gasteiger partial charge in [0.1, 0.15) is 23.4 Å². The highest BCUT2D eigenvalue weighted by molar-refractivity contribution is 6.74. The number of hydrogen-bond donors (Lipinski definition) is 1. The van der Waals surface area contributed by atoms with Gasteiger partial charge in [0.15, 0.2) is 31.5 Å². The predicted octanol–water partition coefficient (Wildman–Crippen LogP) is 9.17. The number of aliphatic hydroxyl groups is 1. The lowest BCUT2D eigenvalue weighted by atomic mass is 9.44. The van der Waals surface area contributed by atoms with Crippen LogP contribution in [0.1, 0.15) is 106 Å². The Bertz CT molecular complexity index is 1590. The Kier molecular flexibility index (Phi) is 12.4. The minimum Gasteiger partial charge on any atom is -0.455 e. The first-order valence-corrected chi connectivity index (χ1v) is 29.8. The quantitative estimate of drug-likeness (QED) is 0.112. The molecule has 1 N–H and O–H groups in total. The smallest absolute Gasteiger partial charge is 0.338 e. The van der Waals surface area contributed by atoms with Crippen molar-refractivity contribution in [1.29, 1.82) is 0 Å². The second-order valence-electron chi connectivity index (χ2n) is 19.2. The van der Waals surface area contributed by atoms with Crippen molar-refractivity contribution in [1.82, 2.24) is 0 Å². The van der Waals surface area contributed by atoms with Gasteiger partial charge in [0.2, 0.25) is 0 Å². The fraction of sp³-hybridized carbons (Fsp3) is 0.795. The van der Waals surface area contributed by atoms with Gasteiger partial charge in [-0.25, -0.2) is 4.79 Å². The molecule has 2 saturated heterocycles. The van der Waals surface area contributed by atoms with Gasteiger partial charge in [0.25, 0.3) is 0 Å². The molecule has 2 bridgehead atoms. The Balaban J connectivity index is 1.72. The minimum atomic E-state index is -2.25. The highest BCUT2D eigenvalue weighted by Crippen LogP contribution is 2.68. The van der Waals surface area contributed by atoms with Gasteiger partial charge in [-0.2, -0.15) is 0 Å². The molecule has 12 heteroatoms. The van der Waals surface area contributed by atoms with Crippen LogP contribution in [0.15, 0.2) is 41.5 Å². The summed E-state index contributed by atoms with van der Waals surface area (Å²) in [5, 5.41) is 13.4. The van der Waals surface area contributed by atoms with E-state index in [1.807, 2.05) is 32.0 Å². The number of hydrogen-bond acceptors (Lipinski definition) is 9. The minimum absolute atomic E-state index is 0.123. The van der Waals surface area contributed by atoms with E-state index in [-0.39, 0.29) is 18.8 Å². The number of rotatable bonds is 14. The Morgan fingerprint density at radius 1 is 0.875 bits per heavy atom. The van der Waals surface area contributed by atoms with E-state index in [1.165, 1.54) is 0 Å². The van der Waals surface area contributed by atoms with Crippen molar-refractivity contribution in [2.24, 2.45) is 16.7 Å². The van der Waals surface area contributed by atoms with Crippen LogP contribution in [-0.2, 0) is 32.2 Å². The maximum atomic E-state index is 14.8. The molecule has 0 amide bonds. The van der Waals surface area contributed by atoms with E-state index in [9.17, 15) is 9.90 Å². The third-order valence-electron chi connectivity index (χ3n) is 15.6. The van der Waals surface area contributed by atoms with Crippen molar-refractivity contribution >= 4 is 31.6 Å². The molecule has 316 valence electrons. The highest BCUT2D eigenvalue weighted by atomic mass is 28.4. The largest absolute Gasteiger partial charge is 0.455 e. The normalized spacial score (nSPS) is 37.5. The lowest BCUT2D eigenvalue weighted by Gasteiger charge is -2.70. The molecule has 0 radical (unpaired) electrons. The van der Waals surface area contributed by atoms with Crippen LogP contribution >= 0.6 is 0 Å². The number of esters is 1. The lowest BCUT2D eigenvalue weighted by molar-refractivity contribution is -0.358. The maximum Gasteiger partial charge on any atom is 0.338 e. The van der Waals surface area contributed by atoms with Gasteiger partial charge in [-0.15, -0.1) is 0 Å². The van der Waals surface area contributed by atoms with Gasteiger partial charge >= 0.3 is 5.97 Å². The van der Waals surface area contributed by atoms with Crippen molar-refractivity contribution in [3.8, 4) is 0 Å². The van der Waals surface area contributed by atoms with Crippen LogP contribution in [-0.4, -0.2) is 97.0 Å². The van der Waals surface area contributed by atoms with Gasteiger partial charge in [0, 0.05) is 29.6 Å². The van der Waals surface area contributed by atoms with E-state index < -0.39 is 89.8 Å². The van der Waals surface area contributed by atoms with E-state index in [2.05, 4.69) is 82.3 Å². The summed E-state index contributed by atoms with van der Waals surface area (Å²) >= 11 is 0. The lowest BCUT2D eigenvalue weighted by Crippen LogP contribution is -2.82. The number of carbonyl (C=O) groups excluding carboxylic acids is 1. The van der Waals surface area contributed by atoms with Crippen molar-refractivity contribution < 1.29 is 42.1 Å².